The summed E-state index contributed by atoms with van der Waals surface area (Å²) < 4.78 is 2.50. The van der Waals surface area contributed by atoms with Gasteiger partial charge in [-0.05, 0) is 48.3 Å². The second-order valence-corrected chi connectivity index (χ2v) is 10.8. The van der Waals surface area contributed by atoms with Crippen LogP contribution < -0.4 is 10.6 Å². The third kappa shape index (κ3) is 6.09. The second-order valence-electron chi connectivity index (χ2n) is 10.8. The summed E-state index contributed by atoms with van der Waals surface area (Å²) in [4.78, 5) is 4.69. The van der Waals surface area contributed by atoms with Gasteiger partial charge in [-0.25, -0.2) is 4.98 Å². The average Bonchev–Trinajstić information content (AvgIpc) is 3.38. The van der Waals surface area contributed by atoms with Gasteiger partial charge in [-0.2, -0.15) is 0 Å². The van der Waals surface area contributed by atoms with Gasteiger partial charge in [0.2, 0.25) is 0 Å². The summed E-state index contributed by atoms with van der Waals surface area (Å²) in [5.74, 6) is 1.16. The number of nitrogens with one attached hydrogen (secondary N) is 2. The van der Waals surface area contributed by atoms with E-state index in [2.05, 4.69) is 143 Å². The first-order chi connectivity index (χ1) is 21.3. The molecule has 3 aromatic carbocycles. The van der Waals surface area contributed by atoms with Crippen LogP contribution in [0, 0.1) is 5.92 Å². The molecule has 5 aromatic rings. The Morgan fingerprint density at radius 2 is 1.65 bits per heavy atom. The standard InChI is InChI=1S/C39H38N4/c1-3-4-14-30(24-23-29-15-6-5-7-16-29)27-42-38-35(25-26-41-39(38)40-2)32-18-9-8-17-31(32)28-43-36-21-12-10-19-33(36)34-20-11-13-22-37(34)43/h3-16,18-26,31,42H,17,27-28H2,1-2H3,(H,40,41)/b4-3-,24-23+,30-14+. The molecular weight excluding hydrogens is 524 g/mol. The molecule has 0 radical (unpaired) electrons. The summed E-state index contributed by atoms with van der Waals surface area (Å²) in [5.41, 5.74) is 8.46. The molecule has 0 spiro atoms. The minimum atomic E-state index is 0.313. The summed E-state index contributed by atoms with van der Waals surface area (Å²) in [7, 11) is 1.94. The second kappa shape index (κ2) is 13.3. The van der Waals surface area contributed by atoms with E-state index in [4.69, 9.17) is 4.98 Å². The number of benzene rings is 3. The lowest BCUT2D eigenvalue weighted by molar-refractivity contribution is 0.569. The molecule has 214 valence electrons. The van der Waals surface area contributed by atoms with Crippen molar-refractivity contribution in [3.8, 4) is 0 Å². The van der Waals surface area contributed by atoms with Crippen molar-refractivity contribution in [2.24, 2.45) is 5.92 Å². The van der Waals surface area contributed by atoms with Gasteiger partial charge in [-0.1, -0.05) is 115 Å². The van der Waals surface area contributed by atoms with Gasteiger partial charge in [0.1, 0.15) is 5.82 Å². The number of anilines is 2. The fraction of sp³-hybridized carbons (Fsp3) is 0.154. The van der Waals surface area contributed by atoms with E-state index in [1.807, 2.05) is 26.2 Å². The molecule has 1 aliphatic rings. The van der Waals surface area contributed by atoms with Crippen LogP contribution in [0.5, 0.6) is 0 Å². The van der Waals surface area contributed by atoms with Gasteiger partial charge >= 0.3 is 0 Å². The van der Waals surface area contributed by atoms with Crippen LogP contribution in [-0.2, 0) is 6.54 Å². The molecule has 43 heavy (non-hydrogen) atoms. The molecule has 0 amide bonds. The number of rotatable bonds is 10. The number of nitrogens with zero attached hydrogens (tertiary/aromatic N) is 2. The van der Waals surface area contributed by atoms with Gasteiger partial charge < -0.3 is 15.2 Å². The van der Waals surface area contributed by atoms with Gasteiger partial charge in [0.25, 0.3) is 0 Å². The van der Waals surface area contributed by atoms with Crippen LogP contribution >= 0.6 is 0 Å². The van der Waals surface area contributed by atoms with Gasteiger partial charge in [0.05, 0.1) is 5.69 Å². The minimum absolute atomic E-state index is 0.313. The molecule has 0 aliphatic heterocycles. The maximum absolute atomic E-state index is 4.69. The monoisotopic (exact) mass is 562 g/mol. The third-order valence-electron chi connectivity index (χ3n) is 8.12. The molecule has 1 atom stereocenters. The topological polar surface area (TPSA) is 41.9 Å². The van der Waals surface area contributed by atoms with Crippen LogP contribution in [0.15, 0.2) is 139 Å². The molecule has 0 bridgehead atoms. The Balaban J connectivity index is 1.33. The zero-order valence-corrected chi connectivity index (χ0v) is 24.9. The maximum Gasteiger partial charge on any atom is 0.149 e. The molecule has 4 nitrogen and oxygen atoms in total. The molecule has 2 N–H and O–H groups in total. The predicted molar refractivity (Wildman–Crippen MR) is 185 cm³/mol. The molecule has 1 aliphatic carbocycles. The van der Waals surface area contributed by atoms with Crippen molar-refractivity contribution in [3.63, 3.8) is 0 Å². The number of aromatic nitrogens is 2. The summed E-state index contributed by atoms with van der Waals surface area (Å²) in [5, 5.41) is 9.71. The highest BCUT2D eigenvalue weighted by atomic mass is 15.0. The van der Waals surface area contributed by atoms with Crippen molar-refractivity contribution < 1.29 is 0 Å². The first-order valence-corrected chi connectivity index (χ1v) is 15.1. The van der Waals surface area contributed by atoms with E-state index in [0.717, 1.165) is 24.5 Å². The van der Waals surface area contributed by atoms with E-state index in [9.17, 15) is 0 Å². The Labute approximate surface area is 254 Å². The smallest absolute Gasteiger partial charge is 0.149 e. The molecule has 0 fully saturated rings. The Morgan fingerprint density at radius 3 is 2.37 bits per heavy atom. The fourth-order valence-corrected chi connectivity index (χ4v) is 6.00. The van der Waals surface area contributed by atoms with Crippen LogP contribution in [0.2, 0.25) is 0 Å². The fourth-order valence-electron chi connectivity index (χ4n) is 6.00. The van der Waals surface area contributed by atoms with Crippen LogP contribution in [0.1, 0.15) is 24.5 Å². The number of hydrogen-bond donors (Lipinski definition) is 2. The quantitative estimate of drug-likeness (QED) is 0.167. The van der Waals surface area contributed by atoms with E-state index in [1.165, 1.54) is 44.1 Å². The van der Waals surface area contributed by atoms with Gasteiger partial charge in [0, 0.05) is 59.6 Å². The summed E-state index contributed by atoms with van der Waals surface area (Å²) in [6, 6.07) is 30.1. The van der Waals surface area contributed by atoms with E-state index < -0.39 is 0 Å². The Bertz CT molecular complexity index is 1810. The maximum atomic E-state index is 4.69. The lowest BCUT2D eigenvalue weighted by atomic mass is 9.86. The molecular formula is C39H38N4. The highest BCUT2D eigenvalue weighted by Crippen LogP contribution is 2.39. The number of fused-ring (bicyclic) bond motifs is 3. The van der Waals surface area contributed by atoms with Crippen molar-refractivity contribution >= 4 is 45.0 Å². The molecule has 2 heterocycles. The molecule has 1 unspecified atom stereocenters. The van der Waals surface area contributed by atoms with Crippen LogP contribution in [0.25, 0.3) is 33.5 Å². The number of para-hydroxylation sites is 2. The van der Waals surface area contributed by atoms with Gasteiger partial charge in [-0.3, -0.25) is 0 Å². The lowest BCUT2D eigenvalue weighted by Gasteiger charge is -2.26. The normalized spacial score (nSPS) is 15.5. The Hall–Kier alpha value is -5.09. The van der Waals surface area contributed by atoms with Crippen molar-refractivity contribution in [2.45, 2.75) is 19.9 Å². The third-order valence-corrected chi connectivity index (χ3v) is 8.12. The van der Waals surface area contributed by atoms with Crippen LogP contribution in [-0.4, -0.2) is 23.1 Å². The van der Waals surface area contributed by atoms with Crippen molar-refractivity contribution in [2.75, 3.05) is 24.2 Å². The van der Waals surface area contributed by atoms with Crippen molar-refractivity contribution in [1.82, 2.24) is 9.55 Å². The predicted octanol–water partition coefficient (Wildman–Crippen LogP) is 9.52. The van der Waals surface area contributed by atoms with Crippen molar-refractivity contribution in [1.29, 1.82) is 0 Å². The first kappa shape index (κ1) is 28.0. The van der Waals surface area contributed by atoms with Crippen LogP contribution in [0.4, 0.5) is 11.5 Å². The summed E-state index contributed by atoms with van der Waals surface area (Å²) >= 11 is 0. The molecule has 0 saturated carbocycles. The molecule has 6 rings (SSSR count). The summed E-state index contributed by atoms with van der Waals surface area (Å²) in [6.07, 6.45) is 20.3. The highest BCUT2D eigenvalue weighted by molar-refractivity contribution is 6.08. The zero-order chi connectivity index (χ0) is 29.4. The van der Waals surface area contributed by atoms with Crippen molar-refractivity contribution in [3.05, 3.63) is 150 Å². The number of allylic oxidation sites excluding steroid dienone is 7. The largest absolute Gasteiger partial charge is 0.377 e. The number of hydrogen-bond acceptors (Lipinski definition) is 3. The Morgan fingerprint density at radius 1 is 0.930 bits per heavy atom. The summed E-state index contributed by atoms with van der Waals surface area (Å²) in [6.45, 7) is 3.61. The zero-order valence-electron chi connectivity index (χ0n) is 24.9. The SMILES string of the molecule is C\C=C/C=C(\C=C\c1ccccc1)CNc1c(C2=CC=CCC2Cn2c3ccccc3c3ccccc32)ccnc1NC. The van der Waals surface area contributed by atoms with E-state index >= 15 is 0 Å². The van der Waals surface area contributed by atoms with Crippen LogP contribution in [0.3, 0.4) is 0 Å². The average molecular weight is 563 g/mol. The van der Waals surface area contributed by atoms with E-state index in [-0.39, 0.29) is 0 Å². The van der Waals surface area contributed by atoms with E-state index in [1.54, 1.807) is 0 Å². The number of pyridine rings is 1. The minimum Gasteiger partial charge on any atom is -0.377 e. The Kier molecular flexibility index (Phi) is 8.65. The van der Waals surface area contributed by atoms with Gasteiger partial charge in [0.15, 0.2) is 0 Å². The molecule has 2 aromatic heterocycles. The lowest BCUT2D eigenvalue weighted by Crippen LogP contribution is -2.16. The molecule has 4 heteroatoms. The van der Waals surface area contributed by atoms with E-state index in [0.29, 0.717) is 12.5 Å². The van der Waals surface area contributed by atoms with Gasteiger partial charge in [-0.15, -0.1) is 0 Å². The highest BCUT2D eigenvalue weighted by Gasteiger charge is 2.23. The molecule has 0 saturated heterocycles. The first-order valence-electron chi connectivity index (χ1n) is 15.1.